The Morgan fingerprint density at radius 1 is 0.386 bits per heavy atom. The van der Waals surface area contributed by atoms with Crippen LogP contribution in [0.3, 0.4) is 0 Å². The molecular formula is C55H44N2. The van der Waals surface area contributed by atoms with E-state index in [1.54, 1.807) is 0 Å². The Bertz CT molecular complexity index is 2590. The predicted octanol–water partition coefficient (Wildman–Crippen LogP) is 15.5. The number of hydrogen-bond acceptors (Lipinski definition) is 2. The molecule has 57 heavy (non-hydrogen) atoms. The molecule has 0 aliphatic carbocycles. The number of allylic oxidation sites excluding steroid dienone is 4. The third-order valence-electron chi connectivity index (χ3n) is 10.2. The smallest absolute Gasteiger partial charge is 0.0540 e. The van der Waals surface area contributed by atoms with Gasteiger partial charge in [0.2, 0.25) is 0 Å². The van der Waals surface area contributed by atoms with Crippen molar-refractivity contribution < 1.29 is 0 Å². The van der Waals surface area contributed by atoms with Crippen molar-refractivity contribution in [3.63, 3.8) is 0 Å². The van der Waals surface area contributed by atoms with E-state index in [0.29, 0.717) is 0 Å². The van der Waals surface area contributed by atoms with Crippen LogP contribution in [0, 0.1) is 0 Å². The Labute approximate surface area is 337 Å². The van der Waals surface area contributed by atoms with Gasteiger partial charge in [0, 0.05) is 34.0 Å². The molecule has 8 rings (SSSR count). The summed E-state index contributed by atoms with van der Waals surface area (Å²) in [7, 11) is 0. The standard InChI is InChI=1S/C55H44N2/c1-3-49(56(50-22-12-6-13-23-50)52-38-33-46(34-39-52)44-18-8-4-9-19-44)37-28-42(2)43-29-31-48(32-30-43)54-26-16-17-27-55(54)57(51-24-14-7-15-25-51)53-40-35-47(36-41-53)45-20-10-5-11-21-45/h3-41H,2H2,1H3/b37-28-,49-3+. The van der Waals surface area contributed by atoms with Gasteiger partial charge >= 0.3 is 0 Å². The minimum Gasteiger partial charge on any atom is -0.311 e. The molecule has 8 aromatic rings. The zero-order valence-electron chi connectivity index (χ0n) is 32.1. The number of rotatable bonds is 12. The maximum atomic E-state index is 4.50. The van der Waals surface area contributed by atoms with Gasteiger partial charge in [-0.25, -0.2) is 0 Å². The van der Waals surface area contributed by atoms with Crippen molar-refractivity contribution in [2.45, 2.75) is 6.92 Å². The zero-order chi connectivity index (χ0) is 38.8. The highest BCUT2D eigenvalue weighted by atomic mass is 15.1. The Hall–Kier alpha value is -7.42. The fraction of sp³-hybridized carbons (Fsp3) is 0.0182. The molecule has 0 N–H and O–H groups in total. The lowest BCUT2D eigenvalue weighted by atomic mass is 9.98. The Morgan fingerprint density at radius 3 is 1.33 bits per heavy atom. The minimum atomic E-state index is 0.936. The lowest BCUT2D eigenvalue weighted by molar-refractivity contribution is 1.20. The summed E-state index contributed by atoms with van der Waals surface area (Å²) in [5, 5.41) is 0. The van der Waals surface area contributed by atoms with E-state index < -0.39 is 0 Å². The van der Waals surface area contributed by atoms with Gasteiger partial charge in [0.15, 0.2) is 0 Å². The van der Waals surface area contributed by atoms with Crippen LogP contribution in [0.4, 0.5) is 28.4 Å². The van der Waals surface area contributed by atoms with Crippen LogP contribution in [-0.2, 0) is 0 Å². The number of nitrogens with zero attached hydrogens (tertiary/aromatic N) is 2. The van der Waals surface area contributed by atoms with Gasteiger partial charge in [-0.1, -0.05) is 183 Å². The quantitative estimate of drug-likeness (QED) is 0.115. The molecule has 0 amide bonds. The van der Waals surface area contributed by atoms with Crippen molar-refractivity contribution in [2.75, 3.05) is 9.80 Å². The average molecular weight is 733 g/mol. The third kappa shape index (κ3) is 8.32. The first kappa shape index (κ1) is 36.6. The van der Waals surface area contributed by atoms with Gasteiger partial charge in [-0.15, -0.1) is 0 Å². The highest BCUT2D eigenvalue weighted by Gasteiger charge is 2.18. The third-order valence-corrected chi connectivity index (χ3v) is 10.2. The molecule has 0 fully saturated rings. The normalized spacial score (nSPS) is 11.4. The van der Waals surface area contributed by atoms with Gasteiger partial charge in [0.1, 0.15) is 0 Å². The van der Waals surface area contributed by atoms with Crippen molar-refractivity contribution in [3.05, 3.63) is 254 Å². The molecule has 0 aliphatic heterocycles. The molecule has 2 heteroatoms. The molecule has 2 nitrogen and oxygen atoms in total. The summed E-state index contributed by atoms with van der Waals surface area (Å²) in [4.78, 5) is 4.62. The summed E-state index contributed by atoms with van der Waals surface area (Å²) >= 11 is 0. The van der Waals surface area contributed by atoms with E-state index in [9.17, 15) is 0 Å². The molecule has 0 spiro atoms. The fourth-order valence-corrected chi connectivity index (χ4v) is 7.25. The van der Waals surface area contributed by atoms with Crippen LogP contribution in [0.15, 0.2) is 249 Å². The van der Waals surface area contributed by atoms with Crippen LogP contribution in [0.1, 0.15) is 12.5 Å². The molecule has 274 valence electrons. The Kier molecular flexibility index (Phi) is 11.1. The number of benzene rings is 8. The molecular weight excluding hydrogens is 689 g/mol. The summed E-state index contributed by atoms with van der Waals surface area (Å²) in [6.45, 7) is 6.58. The lowest BCUT2D eigenvalue weighted by Crippen LogP contribution is -2.15. The molecule has 8 aromatic carbocycles. The molecule has 0 aliphatic rings. The second-order valence-corrected chi connectivity index (χ2v) is 13.8. The summed E-state index contributed by atoms with van der Waals surface area (Å²) < 4.78 is 0. The maximum Gasteiger partial charge on any atom is 0.0540 e. The molecule has 0 aromatic heterocycles. The second kappa shape index (κ2) is 17.4. The van der Waals surface area contributed by atoms with Crippen molar-refractivity contribution >= 4 is 34.0 Å². The van der Waals surface area contributed by atoms with Crippen LogP contribution in [0.25, 0.3) is 39.0 Å². The summed E-state index contributed by atoms with van der Waals surface area (Å²) in [6, 6.07) is 77.1. The van der Waals surface area contributed by atoms with E-state index in [2.05, 4.69) is 260 Å². The molecule has 0 saturated heterocycles. The van der Waals surface area contributed by atoms with E-state index in [-0.39, 0.29) is 0 Å². The molecule has 0 heterocycles. The van der Waals surface area contributed by atoms with E-state index in [4.69, 9.17) is 0 Å². The molecule has 0 saturated carbocycles. The van der Waals surface area contributed by atoms with Gasteiger partial charge in [-0.05, 0) is 107 Å². The molecule has 0 atom stereocenters. The Morgan fingerprint density at radius 2 is 0.789 bits per heavy atom. The fourth-order valence-electron chi connectivity index (χ4n) is 7.25. The van der Waals surface area contributed by atoms with Gasteiger partial charge in [-0.3, -0.25) is 0 Å². The van der Waals surface area contributed by atoms with E-state index >= 15 is 0 Å². The first-order valence-corrected chi connectivity index (χ1v) is 19.4. The molecule has 0 unspecified atom stereocenters. The monoisotopic (exact) mass is 732 g/mol. The van der Waals surface area contributed by atoms with E-state index in [0.717, 1.165) is 56.4 Å². The van der Waals surface area contributed by atoms with Gasteiger partial charge < -0.3 is 9.80 Å². The SMILES string of the molecule is C=C(/C=C\C(=C/C)N(c1ccccc1)c1ccc(-c2ccccc2)cc1)c1ccc(-c2ccccc2N(c2ccccc2)c2ccc(-c3ccccc3)cc2)cc1. The highest BCUT2D eigenvalue weighted by Crippen LogP contribution is 2.41. The van der Waals surface area contributed by atoms with E-state index in [1.165, 1.54) is 22.3 Å². The lowest BCUT2D eigenvalue weighted by Gasteiger charge is -2.28. The first-order valence-electron chi connectivity index (χ1n) is 19.4. The van der Waals surface area contributed by atoms with Crippen molar-refractivity contribution in [1.82, 2.24) is 0 Å². The second-order valence-electron chi connectivity index (χ2n) is 13.8. The largest absolute Gasteiger partial charge is 0.311 e. The van der Waals surface area contributed by atoms with Gasteiger partial charge in [-0.2, -0.15) is 0 Å². The zero-order valence-corrected chi connectivity index (χ0v) is 32.1. The topological polar surface area (TPSA) is 6.48 Å². The van der Waals surface area contributed by atoms with Crippen LogP contribution in [0.5, 0.6) is 0 Å². The summed E-state index contributed by atoms with van der Waals surface area (Å²) in [5.41, 5.74) is 15.6. The average Bonchev–Trinajstić information content (AvgIpc) is 3.29. The number of hydrogen-bond donors (Lipinski definition) is 0. The van der Waals surface area contributed by atoms with Crippen molar-refractivity contribution in [2.24, 2.45) is 0 Å². The number of anilines is 5. The molecule has 0 radical (unpaired) electrons. The predicted molar refractivity (Wildman–Crippen MR) is 244 cm³/mol. The van der Waals surface area contributed by atoms with Gasteiger partial charge in [0.05, 0.1) is 5.69 Å². The first-order chi connectivity index (χ1) is 28.2. The van der Waals surface area contributed by atoms with Crippen LogP contribution < -0.4 is 9.80 Å². The minimum absolute atomic E-state index is 0.936. The molecule has 0 bridgehead atoms. The highest BCUT2D eigenvalue weighted by molar-refractivity contribution is 5.89. The van der Waals surface area contributed by atoms with Crippen LogP contribution >= 0.6 is 0 Å². The van der Waals surface area contributed by atoms with Crippen molar-refractivity contribution in [1.29, 1.82) is 0 Å². The van der Waals surface area contributed by atoms with Crippen molar-refractivity contribution in [3.8, 4) is 33.4 Å². The van der Waals surface area contributed by atoms with Crippen LogP contribution in [-0.4, -0.2) is 0 Å². The number of para-hydroxylation sites is 3. The van der Waals surface area contributed by atoms with Gasteiger partial charge in [0.25, 0.3) is 0 Å². The van der Waals surface area contributed by atoms with Crippen LogP contribution in [0.2, 0.25) is 0 Å². The maximum absolute atomic E-state index is 4.50. The van der Waals surface area contributed by atoms with E-state index in [1.807, 2.05) is 0 Å². The Balaban J connectivity index is 1.06. The summed E-state index contributed by atoms with van der Waals surface area (Å²) in [5.74, 6) is 0. The summed E-state index contributed by atoms with van der Waals surface area (Å²) in [6.07, 6.45) is 6.42.